The fourth-order valence-corrected chi connectivity index (χ4v) is 2.20. The fourth-order valence-electron chi connectivity index (χ4n) is 2.20. The monoisotopic (exact) mass is 227 g/mol. The molecule has 0 saturated carbocycles. The van der Waals surface area contributed by atoms with Gasteiger partial charge in [0.2, 0.25) is 5.91 Å². The molecule has 1 heterocycles. The van der Waals surface area contributed by atoms with E-state index in [0.29, 0.717) is 0 Å². The lowest BCUT2D eigenvalue weighted by Gasteiger charge is -2.34. The molecule has 4 nitrogen and oxygen atoms in total. The number of nitrogens with one attached hydrogen (secondary N) is 2. The van der Waals surface area contributed by atoms with E-state index in [-0.39, 0.29) is 17.4 Å². The molecule has 1 aliphatic rings. The molecule has 0 aliphatic carbocycles. The molecular formula is C12H25N3O. The molecule has 0 radical (unpaired) electrons. The van der Waals surface area contributed by atoms with Crippen molar-refractivity contribution in [1.82, 2.24) is 15.5 Å². The Morgan fingerprint density at radius 1 is 1.44 bits per heavy atom. The summed E-state index contributed by atoms with van der Waals surface area (Å²) in [4.78, 5) is 14.2. The van der Waals surface area contributed by atoms with E-state index in [1.165, 1.54) is 0 Å². The SMILES string of the molecule is CC(CN(C)C)NC(=O)C1(C)CCNCC1. The lowest BCUT2D eigenvalue weighted by atomic mass is 9.80. The zero-order valence-electron chi connectivity index (χ0n) is 11.0. The summed E-state index contributed by atoms with van der Waals surface area (Å²) in [6.45, 7) is 6.92. The summed E-state index contributed by atoms with van der Waals surface area (Å²) in [5, 5.41) is 6.41. The van der Waals surface area contributed by atoms with Gasteiger partial charge in [-0.25, -0.2) is 0 Å². The van der Waals surface area contributed by atoms with Crippen LogP contribution in [0.25, 0.3) is 0 Å². The van der Waals surface area contributed by atoms with Crippen molar-refractivity contribution in [3.63, 3.8) is 0 Å². The van der Waals surface area contributed by atoms with Crippen LogP contribution in [0.4, 0.5) is 0 Å². The van der Waals surface area contributed by atoms with Crippen LogP contribution in [-0.2, 0) is 4.79 Å². The first-order valence-corrected chi connectivity index (χ1v) is 6.10. The van der Waals surface area contributed by atoms with Crippen LogP contribution in [0.5, 0.6) is 0 Å². The fraction of sp³-hybridized carbons (Fsp3) is 0.917. The molecule has 0 aromatic carbocycles. The van der Waals surface area contributed by atoms with Gasteiger partial charge in [0.25, 0.3) is 0 Å². The number of carbonyl (C=O) groups is 1. The molecule has 0 aromatic rings. The van der Waals surface area contributed by atoms with Crippen molar-refractivity contribution in [3.05, 3.63) is 0 Å². The standard InChI is InChI=1S/C12H25N3O/c1-10(9-15(3)4)14-11(16)12(2)5-7-13-8-6-12/h10,13H,5-9H2,1-4H3,(H,14,16). The second-order valence-corrected chi connectivity index (χ2v) is 5.45. The van der Waals surface area contributed by atoms with E-state index in [2.05, 4.69) is 29.4 Å². The molecule has 16 heavy (non-hydrogen) atoms. The van der Waals surface area contributed by atoms with Crippen LogP contribution in [0, 0.1) is 5.41 Å². The number of piperidine rings is 1. The van der Waals surface area contributed by atoms with Gasteiger partial charge in [-0.15, -0.1) is 0 Å². The first kappa shape index (κ1) is 13.5. The third kappa shape index (κ3) is 3.76. The summed E-state index contributed by atoms with van der Waals surface area (Å²) >= 11 is 0. The maximum absolute atomic E-state index is 12.2. The largest absolute Gasteiger partial charge is 0.352 e. The van der Waals surface area contributed by atoms with Gasteiger partial charge in [0, 0.05) is 18.0 Å². The quantitative estimate of drug-likeness (QED) is 0.732. The third-order valence-corrected chi connectivity index (χ3v) is 3.27. The lowest BCUT2D eigenvalue weighted by molar-refractivity contribution is -0.132. The van der Waals surface area contributed by atoms with Crippen molar-refractivity contribution < 1.29 is 4.79 Å². The highest BCUT2D eigenvalue weighted by atomic mass is 16.2. The van der Waals surface area contributed by atoms with Gasteiger partial charge in [-0.3, -0.25) is 4.79 Å². The van der Waals surface area contributed by atoms with Crippen molar-refractivity contribution >= 4 is 5.91 Å². The van der Waals surface area contributed by atoms with Crippen LogP contribution in [0.15, 0.2) is 0 Å². The molecule has 2 N–H and O–H groups in total. The molecule has 0 aromatic heterocycles. The molecule has 0 spiro atoms. The van der Waals surface area contributed by atoms with Crippen LogP contribution < -0.4 is 10.6 Å². The minimum absolute atomic E-state index is 0.175. The minimum Gasteiger partial charge on any atom is -0.352 e. The van der Waals surface area contributed by atoms with E-state index in [9.17, 15) is 4.79 Å². The summed E-state index contributed by atoms with van der Waals surface area (Å²) in [6, 6.07) is 0.217. The van der Waals surface area contributed by atoms with Gasteiger partial charge in [-0.05, 0) is 47.0 Å². The van der Waals surface area contributed by atoms with Gasteiger partial charge >= 0.3 is 0 Å². The zero-order chi connectivity index (χ0) is 12.2. The molecule has 94 valence electrons. The molecule has 1 unspecified atom stereocenters. The third-order valence-electron chi connectivity index (χ3n) is 3.27. The van der Waals surface area contributed by atoms with Crippen LogP contribution in [0.2, 0.25) is 0 Å². The molecule has 0 bridgehead atoms. The Hall–Kier alpha value is -0.610. The Labute approximate surface area is 98.8 Å². The van der Waals surface area contributed by atoms with Crippen molar-refractivity contribution in [2.75, 3.05) is 33.7 Å². The van der Waals surface area contributed by atoms with Gasteiger partial charge < -0.3 is 15.5 Å². The molecular weight excluding hydrogens is 202 g/mol. The summed E-state index contributed by atoms with van der Waals surface area (Å²) in [5.74, 6) is 0.211. The lowest BCUT2D eigenvalue weighted by Crippen LogP contribution is -2.50. The van der Waals surface area contributed by atoms with Crippen molar-refractivity contribution in [1.29, 1.82) is 0 Å². The number of nitrogens with zero attached hydrogens (tertiary/aromatic N) is 1. The van der Waals surface area contributed by atoms with Crippen molar-refractivity contribution in [2.45, 2.75) is 32.7 Å². The Balaban J connectivity index is 2.44. The van der Waals surface area contributed by atoms with Gasteiger partial charge in [0.1, 0.15) is 0 Å². The highest BCUT2D eigenvalue weighted by molar-refractivity contribution is 5.82. The molecule has 1 saturated heterocycles. The van der Waals surface area contributed by atoms with E-state index in [0.717, 1.165) is 32.5 Å². The van der Waals surface area contributed by atoms with Gasteiger partial charge in [-0.1, -0.05) is 6.92 Å². The summed E-state index contributed by atoms with van der Waals surface area (Å²) < 4.78 is 0. The maximum atomic E-state index is 12.2. The predicted molar refractivity (Wildman–Crippen MR) is 66.4 cm³/mol. The van der Waals surface area contributed by atoms with Crippen LogP contribution in [0.1, 0.15) is 26.7 Å². The van der Waals surface area contributed by atoms with E-state index >= 15 is 0 Å². The summed E-state index contributed by atoms with van der Waals surface area (Å²) in [6.07, 6.45) is 1.88. The van der Waals surface area contributed by atoms with E-state index in [1.54, 1.807) is 0 Å². The first-order valence-electron chi connectivity index (χ1n) is 6.10. The van der Waals surface area contributed by atoms with Crippen molar-refractivity contribution in [3.8, 4) is 0 Å². The average Bonchev–Trinajstić information content (AvgIpc) is 2.17. The number of likely N-dealkylation sites (N-methyl/N-ethyl adjacent to an activating group) is 1. The first-order chi connectivity index (χ1) is 7.44. The van der Waals surface area contributed by atoms with Crippen LogP contribution in [0.3, 0.4) is 0 Å². The predicted octanol–water partition coefficient (Wildman–Crippen LogP) is 0.442. The molecule has 1 fully saturated rings. The molecule has 1 aliphatic heterocycles. The van der Waals surface area contributed by atoms with Crippen LogP contribution in [-0.4, -0.2) is 50.6 Å². The van der Waals surface area contributed by atoms with Crippen molar-refractivity contribution in [2.24, 2.45) is 5.41 Å². The smallest absolute Gasteiger partial charge is 0.226 e. The van der Waals surface area contributed by atoms with E-state index in [4.69, 9.17) is 0 Å². The maximum Gasteiger partial charge on any atom is 0.226 e. The molecule has 4 heteroatoms. The van der Waals surface area contributed by atoms with Gasteiger partial charge in [0.15, 0.2) is 0 Å². The van der Waals surface area contributed by atoms with E-state index in [1.807, 2.05) is 14.1 Å². The topological polar surface area (TPSA) is 44.4 Å². The van der Waals surface area contributed by atoms with Crippen LogP contribution >= 0.6 is 0 Å². The Kier molecular flexibility index (Phi) is 4.74. The number of carbonyl (C=O) groups excluding carboxylic acids is 1. The average molecular weight is 227 g/mol. The molecule has 1 atom stereocenters. The highest BCUT2D eigenvalue weighted by Crippen LogP contribution is 2.27. The number of amides is 1. The Morgan fingerprint density at radius 2 is 2.00 bits per heavy atom. The van der Waals surface area contributed by atoms with Gasteiger partial charge in [-0.2, -0.15) is 0 Å². The Morgan fingerprint density at radius 3 is 2.50 bits per heavy atom. The number of hydrogen-bond donors (Lipinski definition) is 2. The van der Waals surface area contributed by atoms with E-state index < -0.39 is 0 Å². The minimum atomic E-state index is -0.175. The second-order valence-electron chi connectivity index (χ2n) is 5.45. The van der Waals surface area contributed by atoms with Gasteiger partial charge in [0.05, 0.1) is 0 Å². The number of rotatable bonds is 4. The summed E-state index contributed by atoms with van der Waals surface area (Å²) in [7, 11) is 4.05. The zero-order valence-corrected chi connectivity index (χ0v) is 11.0. The Bertz CT molecular complexity index is 234. The summed E-state index contributed by atoms with van der Waals surface area (Å²) in [5.41, 5.74) is -0.175. The highest BCUT2D eigenvalue weighted by Gasteiger charge is 2.34. The molecule has 1 rings (SSSR count). The normalized spacial score (nSPS) is 21.8. The molecule has 1 amide bonds. The number of hydrogen-bond acceptors (Lipinski definition) is 3. The second kappa shape index (κ2) is 5.64.